The quantitative estimate of drug-likeness (QED) is 0.782. The molecule has 0 aliphatic rings. The molecule has 2 aromatic carbocycles. The maximum Gasteiger partial charge on any atom is 0.243 e. The molecule has 0 spiro atoms. The van der Waals surface area contributed by atoms with Crippen molar-refractivity contribution in [1.29, 1.82) is 0 Å². The van der Waals surface area contributed by atoms with E-state index in [-0.39, 0.29) is 5.82 Å². The molecule has 0 aliphatic carbocycles. The largest absolute Gasteiger partial charge is 0.338 e. The number of nitrogens with two attached hydrogens (primary N) is 1. The summed E-state index contributed by atoms with van der Waals surface area (Å²) >= 11 is 6.05. The molecule has 3 rings (SSSR count). The average Bonchev–Trinajstić information content (AvgIpc) is 2.94. The van der Waals surface area contributed by atoms with Crippen LogP contribution in [0, 0.1) is 12.7 Å². The number of benzene rings is 2. The van der Waals surface area contributed by atoms with Gasteiger partial charge in [0.25, 0.3) is 0 Å². The highest BCUT2D eigenvalue weighted by atomic mass is 35.5. The Labute approximate surface area is 138 Å². The normalized spacial score (nSPS) is 12.3. The second kappa shape index (κ2) is 6.48. The van der Waals surface area contributed by atoms with Crippen LogP contribution in [-0.4, -0.2) is 10.1 Å². The summed E-state index contributed by atoms with van der Waals surface area (Å²) < 4.78 is 18.8. The van der Waals surface area contributed by atoms with E-state index >= 15 is 0 Å². The predicted octanol–water partition coefficient (Wildman–Crippen LogP) is 4.08. The summed E-state index contributed by atoms with van der Waals surface area (Å²) in [6.45, 7) is 1.72. The molecule has 0 bridgehead atoms. The minimum absolute atomic E-state index is 0.320. The van der Waals surface area contributed by atoms with Crippen LogP contribution in [0.25, 0.3) is 11.1 Å². The summed E-state index contributed by atoms with van der Waals surface area (Å²) in [6.07, 6.45) is 0.376. The lowest BCUT2D eigenvalue weighted by Crippen LogP contribution is -2.14. The Morgan fingerprint density at radius 2 is 2.09 bits per heavy atom. The van der Waals surface area contributed by atoms with E-state index in [2.05, 4.69) is 10.1 Å². The molecule has 3 aromatic rings. The van der Waals surface area contributed by atoms with Gasteiger partial charge in [-0.25, -0.2) is 4.39 Å². The topological polar surface area (TPSA) is 64.9 Å². The number of hydrogen-bond donors (Lipinski definition) is 1. The molecule has 6 heteroatoms. The van der Waals surface area contributed by atoms with Gasteiger partial charge in [0.15, 0.2) is 5.82 Å². The van der Waals surface area contributed by atoms with Gasteiger partial charge in [0, 0.05) is 5.02 Å². The minimum atomic E-state index is -0.504. The number of aryl methyl sites for hydroxylation is 1. The van der Waals surface area contributed by atoms with Crippen molar-refractivity contribution in [3.63, 3.8) is 0 Å². The predicted molar refractivity (Wildman–Crippen MR) is 86.5 cm³/mol. The van der Waals surface area contributed by atoms with E-state index in [9.17, 15) is 4.39 Å². The molecule has 118 valence electrons. The van der Waals surface area contributed by atoms with Gasteiger partial charge in [0.1, 0.15) is 5.82 Å². The highest BCUT2D eigenvalue weighted by Crippen LogP contribution is 2.29. The Bertz CT molecular complexity index is 834. The van der Waals surface area contributed by atoms with E-state index in [1.165, 1.54) is 12.1 Å². The minimum Gasteiger partial charge on any atom is -0.338 e. The highest BCUT2D eigenvalue weighted by molar-refractivity contribution is 6.30. The molecule has 1 unspecified atom stereocenters. The molecular weight excluding hydrogens is 317 g/mol. The molecule has 4 nitrogen and oxygen atoms in total. The Morgan fingerprint density at radius 1 is 1.26 bits per heavy atom. The zero-order valence-corrected chi connectivity index (χ0v) is 13.2. The van der Waals surface area contributed by atoms with Gasteiger partial charge in [-0.2, -0.15) is 4.98 Å². The summed E-state index contributed by atoms with van der Waals surface area (Å²) in [5.41, 5.74) is 8.66. The lowest BCUT2D eigenvalue weighted by Gasteiger charge is -2.13. The average molecular weight is 332 g/mol. The van der Waals surface area contributed by atoms with Gasteiger partial charge < -0.3 is 10.3 Å². The van der Waals surface area contributed by atoms with Crippen LogP contribution in [0.5, 0.6) is 0 Å². The van der Waals surface area contributed by atoms with Crippen LogP contribution in [0.15, 0.2) is 47.0 Å². The third-order valence-electron chi connectivity index (χ3n) is 3.50. The molecule has 1 atom stereocenters. The Hall–Kier alpha value is -2.24. The second-order valence-corrected chi connectivity index (χ2v) is 5.74. The number of nitrogens with zero attached hydrogens (tertiary/aromatic N) is 2. The Kier molecular flexibility index (Phi) is 4.41. The maximum absolute atomic E-state index is 13.7. The summed E-state index contributed by atoms with van der Waals surface area (Å²) in [5.74, 6) is 0.535. The maximum atomic E-state index is 13.7. The Morgan fingerprint density at radius 3 is 2.78 bits per heavy atom. The molecule has 0 radical (unpaired) electrons. The van der Waals surface area contributed by atoms with Crippen LogP contribution in [0.3, 0.4) is 0 Å². The second-order valence-electron chi connectivity index (χ2n) is 5.30. The lowest BCUT2D eigenvalue weighted by atomic mass is 9.95. The molecule has 23 heavy (non-hydrogen) atoms. The van der Waals surface area contributed by atoms with E-state index in [0.29, 0.717) is 23.2 Å². The van der Waals surface area contributed by atoms with Crippen LogP contribution in [0.4, 0.5) is 4.39 Å². The Balaban J connectivity index is 1.96. The van der Waals surface area contributed by atoms with Crippen molar-refractivity contribution in [2.75, 3.05) is 0 Å². The standard InChI is InChI=1S/C17H15ClFN3O/c1-10-21-17(23-22-10)16(20)9-12-8-14(19)5-6-15(12)11-3-2-4-13(18)7-11/h2-8,16H,9,20H2,1H3. The van der Waals surface area contributed by atoms with Gasteiger partial charge in [0.05, 0.1) is 6.04 Å². The van der Waals surface area contributed by atoms with Gasteiger partial charge in [-0.15, -0.1) is 0 Å². The van der Waals surface area contributed by atoms with Gasteiger partial charge in [-0.3, -0.25) is 0 Å². The fourth-order valence-electron chi connectivity index (χ4n) is 2.46. The van der Waals surface area contributed by atoms with Crippen molar-refractivity contribution in [2.24, 2.45) is 5.73 Å². The zero-order chi connectivity index (χ0) is 16.4. The fraction of sp³-hybridized carbons (Fsp3) is 0.176. The van der Waals surface area contributed by atoms with Crippen LogP contribution >= 0.6 is 11.6 Å². The highest BCUT2D eigenvalue weighted by Gasteiger charge is 2.17. The van der Waals surface area contributed by atoms with Crippen molar-refractivity contribution in [2.45, 2.75) is 19.4 Å². The molecule has 1 heterocycles. The molecule has 0 saturated heterocycles. The van der Waals surface area contributed by atoms with Crippen LogP contribution in [0.1, 0.15) is 23.3 Å². The van der Waals surface area contributed by atoms with Crippen LogP contribution < -0.4 is 5.73 Å². The summed E-state index contributed by atoms with van der Waals surface area (Å²) in [4.78, 5) is 4.13. The summed E-state index contributed by atoms with van der Waals surface area (Å²) in [7, 11) is 0. The molecule has 0 amide bonds. The zero-order valence-electron chi connectivity index (χ0n) is 12.5. The first-order valence-electron chi connectivity index (χ1n) is 7.13. The fourth-order valence-corrected chi connectivity index (χ4v) is 2.65. The smallest absolute Gasteiger partial charge is 0.243 e. The monoisotopic (exact) mass is 331 g/mol. The number of halogens is 2. The van der Waals surface area contributed by atoms with Crippen molar-refractivity contribution < 1.29 is 8.91 Å². The van der Waals surface area contributed by atoms with Crippen molar-refractivity contribution in [3.05, 3.63) is 70.6 Å². The van der Waals surface area contributed by atoms with Gasteiger partial charge in [0.2, 0.25) is 5.89 Å². The molecule has 0 fully saturated rings. The molecule has 0 saturated carbocycles. The van der Waals surface area contributed by atoms with Crippen LogP contribution in [0.2, 0.25) is 5.02 Å². The SMILES string of the molecule is Cc1noc(C(N)Cc2cc(F)ccc2-c2cccc(Cl)c2)n1. The lowest BCUT2D eigenvalue weighted by molar-refractivity contribution is 0.351. The van der Waals surface area contributed by atoms with E-state index < -0.39 is 6.04 Å². The van der Waals surface area contributed by atoms with E-state index in [4.69, 9.17) is 21.9 Å². The molecular formula is C17H15ClFN3O. The van der Waals surface area contributed by atoms with Crippen molar-refractivity contribution in [1.82, 2.24) is 10.1 Å². The van der Waals surface area contributed by atoms with Crippen LogP contribution in [-0.2, 0) is 6.42 Å². The first kappa shape index (κ1) is 15.6. The van der Waals surface area contributed by atoms with E-state index in [1.54, 1.807) is 19.1 Å². The first-order chi connectivity index (χ1) is 11.0. The third kappa shape index (κ3) is 3.57. The number of aromatic nitrogens is 2. The van der Waals surface area contributed by atoms with E-state index in [0.717, 1.165) is 16.7 Å². The molecule has 2 N–H and O–H groups in total. The molecule has 0 aliphatic heterocycles. The summed E-state index contributed by atoms with van der Waals surface area (Å²) in [6, 6.07) is 11.5. The number of hydrogen-bond acceptors (Lipinski definition) is 4. The van der Waals surface area contributed by atoms with Gasteiger partial charge in [-0.05, 0) is 54.3 Å². The molecule has 1 aromatic heterocycles. The van der Waals surface area contributed by atoms with Gasteiger partial charge in [-0.1, -0.05) is 35.0 Å². The summed E-state index contributed by atoms with van der Waals surface area (Å²) in [5, 5.41) is 4.35. The number of rotatable bonds is 4. The first-order valence-corrected chi connectivity index (χ1v) is 7.51. The van der Waals surface area contributed by atoms with Crippen molar-refractivity contribution >= 4 is 11.6 Å². The third-order valence-corrected chi connectivity index (χ3v) is 3.74. The van der Waals surface area contributed by atoms with Crippen molar-refractivity contribution in [3.8, 4) is 11.1 Å². The van der Waals surface area contributed by atoms with E-state index in [1.807, 2.05) is 18.2 Å². The van der Waals surface area contributed by atoms with Gasteiger partial charge >= 0.3 is 0 Å².